The molecule has 7 rings (SSSR count). The highest BCUT2D eigenvalue weighted by Gasteiger charge is 2.44. The molecule has 0 saturated carbocycles. The summed E-state index contributed by atoms with van der Waals surface area (Å²) in [6.45, 7) is 16.6. The first-order chi connectivity index (χ1) is 16.4. The number of halogens is 1. The summed E-state index contributed by atoms with van der Waals surface area (Å²) in [5.74, 6) is 0. The van der Waals surface area contributed by atoms with Gasteiger partial charge in [0, 0.05) is 20.7 Å². The van der Waals surface area contributed by atoms with Gasteiger partial charge in [-0.05, 0) is 110 Å². The largest absolute Gasteiger partial charge is 0.0587 e. The Balaban J connectivity index is 1.50. The minimum absolute atomic E-state index is 0.0110. The Morgan fingerprint density at radius 2 is 0.771 bits per heavy atom. The summed E-state index contributed by atoms with van der Waals surface area (Å²) < 4.78 is 1.16. The highest BCUT2D eigenvalue weighted by Crippen LogP contribution is 2.59. The Labute approximate surface area is 217 Å². The molecular weight excluding hydrogens is 488 g/mol. The van der Waals surface area contributed by atoms with Crippen LogP contribution in [-0.2, 0) is 16.2 Å². The van der Waals surface area contributed by atoms with E-state index in [1.165, 1.54) is 72.3 Å². The number of fused-ring (bicyclic) bond motifs is 9. The lowest BCUT2D eigenvalue weighted by Crippen LogP contribution is -2.17. The summed E-state index contributed by atoms with van der Waals surface area (Å²) in [5.41, 5.74) is 18.5. The van der Waals surface area contributed by atoms with Gasteiger partial charge in [0.25, 0.3) is 0 Å². The molecule has 3 aliphatic rings. The molecule has 0 saturated heterocycles. The molecule has 0 heterocycles. The maximum absolute atomic E-state index is 3.71. The molecule has 1 heteroatoms. The van der Waals surface area contributed by atoms with Crippen molar-refractivity contribution in [3.05, 3.63) is 104 Å². The van der Waals surface area contributed by atoms with Crippen molar-refractivity contribution in [3.8, 4) is 33.4 Å². The summed E-state index contributed by atoms with van der Waals surface area (Å²) in [6.07, 6.45) is 0. The molecule has 0 fully saturated rings. The molecule has 0 N–H and O–H groups in total. The van der Waals surface area contributed by atoms with Crippen molar-refractivity contribution < 1.29 is 0 Å². The quantitative estimate of drug-likeness (QED) is 0.217. The van der Waals surface area contributed by atoms with E-state index in [0.29, 0.717) is 0 Å². The molecule has 4 aromatic carbocycles. The molecule has 0 aromatic heterocycles. The smallest absolute Gasteiger partial charge is 0.0178 e. The molecule has 0 bridgehead atoms. The number of rotatable bonds is 0. The van der Waals surface area contributed by atoms with E-state index in [1.807, 2.05) is 0 Å². The van der Waals surface area contributed by atoms with Crippen LogP contribution in [0.1, 0.15) is 80.5 Å². The van der Waals surface area contributed by atoms with Crippen LogP contribution in [0.3, 0.4) is 0 Å². The van der Waals surface area contributed by atoms with E-state index in [2.05, 4.69) is 125 Å². The summed E-state index contributed by atoms with van der Waals surface area (Å²) in [7, 11) is 0. The van der Waals surface area contributed by atoms with E-state index < -0.39 is 0 Å². The second kappa shape index (κ2) is 6.37. The van der Waals surface area contributed by atoms with Gasteiger partial charge in [-0.2, -0.15) is 0 Å². The topological polar surface area (TPSA) is 0 Å². The zero-order valence-corrected chi connectivity index (χ0v) is 23.2. The maximum Gasteiger partial charge on any atom is 0.0178 e. The van der Waals surface area contributed by atoms with Crippen LogP contribution in [0.15, 0.2) is 65.1 Å². The van der Waals surface area contributed by atoms with Gasteiger partial charge in [0.05, 0.1) is 0 Å². The number of aryl methyl sites for hydroxylation is 1. The van der Waals surface area contributed by atoms with Crippen LogP contribution in [0.4, 0.5) is 0 Å². The second-order valence-corrected chi connectivity index (χ2v) is 13.4. The van der Waals surface area contributed by atoms with Gasteiger partial charge in [-0.15, -0.1) is 0 Å². The molecule has 3 aliphatic carbocycles. The van der Waals surface area contributed by atoms with E-state index >= 15 is 0 Å². The van der Waals surface area contributed by atoms with Crippen LogP contribution in [0.2, 0.25) is 0 Å². The van der Waals surface area contributed by atoms with Crippen LogP contribution >= 0.6 is 15.9 Å². The zero-order valence-electron chi connectivity index (χ0n) is 21.7. The third-order valence-electron chi connectivity index (χ3n) is 9.38. The Hall–Kier alpha value is -2.64. The fourth-order valence-corrected chi connectivity index (χ4v) is 7.63. The highest BCUT2D eigenvalue weighted by atomic mass is 79.9. The minimum Gasteiger partial charge on any atom is -0.0587 e. The number of hydrogen-bond donors (Lipinski definition) is 0. The normalized spacial score (nSPS) is 18.4. The summed E-state index contributed by atoms with van der Waals surface area (Å²) >= 11 is 3.71. The third kappa shape index (κ3) is 2.53. The third-order valence-corrected chi connectivity index (χ3v) is 9.88. The average Bonchev–Trinajstić information content (AvgIpc) is 3.26. The molecule has 0 nitrogen and oxygen atoms in total. The Morgan fingerprint density at radius 1 is 0.429 bits per heavy atom. The monoisotopic (exact) mass is 518 g/mol. The lowest BCUT2D eigenvalue weighted by Gasteiger charge is -2.24. The Kier molecular flexibility index (Phi) is 3.94. The number of benzene rings is 4. The average molecular weight is 520 g/mol. The maximum atomic E-state index is 3.71. The summed E-state index contributed by atoms with van der Waals surface area (Å²) in [4.78, 5) is 0. The van der Waals surface area contributed by atoms with E-state index in [0.717, 1.165) is 4.47 Å². The van der Waals surface area contributed by atoms with Gasteiger partial charge >= 0.3 is 0 Å². The van der Waals surface area contributed by atoms with Crippen molar-refractivity contribution in [2.45, 2.75) is 64.7 Å². The lowest BCUT2D eigenvalue weighted by atomic mass is 9.78. The van der Waals surface area contributed by atoms with E-state index in [1.54, 1.807) is 0 Å². The fourth-order valence-electron chi connectivity index (χ4n) is 7.27. The van der Waals surface area contributed by atoms with Gasteiger partial charge in [0.2, 0.25) is 0 Å². The first-order valence-corrected chi connectivity index (χ1v) is 13.5. The molecule has 0 amide bonds. The van der Waals surface area contributed by atoms with Gasteiger partial charge in [-0.3, -0.25) is 0 Å². The van der Waals surface area contributed by atoms with Crippen LogP contribution in [0.25, 0.3) is 33.4 Å². The van der Waals surface area contributed by atoms with Crippen molar-refractivity contribution in [1.29, 1.82) is 0 Å². The van der Waals surface area contributed by atoms with Crippen molar-refractivity contribution in [1.82, 2.24) is 0 Å². The minimum atomic E-state index is -0.0332. The molecule has 0 unspecified atom stereocenters. The van der Waals surface area contributed by atoms with E-state index in [9.17, 15) is 0 Å². The molecule has 0 aliphatic heterocycles. The standard InChI is InChI=1S/C34H31Br/c1-18-8-10-20-22-14-30-24(16-28(22)32(2,3)26(20)12-18)25-17-29-23(15-31(25)34(30,6)7)21-11-9-19(35)13-27(21)33(29,4)5/h8-17H,1-7H3. The SMILES string of the molecule is Cc1ccc2c(c1)C(C)(C)c1cc3c(cc1-2)C(C)(C)c1cc2c(cc1-3)C(C)(C)c1cc(Br)ccc1-2. The predicted octanol–water partition coefficient (Wildman–Crippen LogP) is 9.68. The molecule has 35 heavy (non-hydrogen) atoms. The molecule has 0 atom stereocenters. The van der Waals surface area contributed by atoms with E-state index in [4.69, 9.17) is 0 Å². The predicted molar refractivity (Wildman–Crippen MR) is 152 cm³/mol. The first-order valence-electron chi connectivity index (χ1n) is 12.7. The fraction of sp³-hybridized carbons (Fsp3) is 0.294. The van der Waals surface area contributed by atoms with Crippen LogP contribution in [-0.4, -0.2) is 0 Å². The molecule has 174 valence electrons. The molecule has 4 aromatic rings. The van der Waals surface area contributed by atoms with Gasteiger partial charge in [-0.25, -0.2) is 0 Å². The van der Waals surface area contributed by atoms with E-state index in [-0.39, 0.29) is 16.2 Å². The van der Waals surface area contributed by atoms with Gasteiger partial charge in [-0.1, -0.05) is 87.3 Å². The number of hydrogen-bond acceptors (Lipinski definition) is 0. The molecular formula is C34H31Br. The van der Waals surface area contributed by atoms with Crippen molar-refractivity contribution in [2.75, 3.05) is 0 Å². The van der Waals surface area contributed by atoms with Gasteiger partial charge < -0.3 is 0 Å². The Morgan fingerprint density at radius 3 is 1.23 bits per heavy atom. The van der Waals surface area contributed by atoms with Crippen LogP contribution in [0.5, 0.6) is 0 Å². The summed E-state index contributed by atoms with van der Waals surface area (Å²) in [5, 5.41) is 0. The zero-order chi connectivity index (χ0) is 24.7. The first kappa shape index (κ1) is 21.6. The van der Waals surface area contributed by atoms with Crippen LogP contribution in [0, 0.1) is 6.92 Å². The van der Waals surface area contributed by atoms with Gasteiger partial charge in [0.15, 0.2) is 0 Å². The van der Waals surface area contributed by atoms with Crippen molar-refractivity contribution in [3.63, 3.8) is 0 Å². The second-order valence-electron chi connectivity index (χ2n) is 12.5. The van der Waals surface area contributed by atoms with Crippen molar-refractivity contribution in [2.24, 2.45) is 0 Å². The molecule has 0 spiro atoms. The summed E-state index contributed by atoms with van der Waals surface area (Å²) in [6, 6.07) is 23.9. The Bertz CT molecular complexity index is 1510. The van der Waals surface area contributed by atoms with Crippen molar-refractivity contribution >= 4 is 15.9 Å². The van der Waals surface area contributed by atoms with Crippen LogP contribution < -0.4 is 0 Å². The van der Waals surface area contributed by atoms with Gasteiger partial charge in [0.1, 0.15) is 0 Å². The lowest BCUT2D eigenvalue weighted by molar-refractivity contribution is 0.649. The molecule has 0 radical (unpaired) electrons. The highest BCUT2D eigenvalue weighted by molar-refractivity contribution is 9.10.